The Morgan fingerprint density at radius 1 is 1.31 bits per heavy atom. The van der Waals surface area contributed by atoms with Crippen molar-refractivity contribution in [2.45, 2.75) is 13.5 Å². The van der Waals surface area contributed by atoms with Crippen LogP contribution in [0.5, 0.6) is 0 Å². The minimum atomic E-state index is -0.0429. The van der Waals surface area contributed by atoms with Crippen LogP contribution < -0.4 is 11.3 Å². The van der Waals surface area contributed by atoms with Crippen LogP contribution in [0.1, 0.15) is 11.4 Å². The van der Waals surface area contributed by atoms with Crippen LogP contribution in [0, 0.1) is 6.92 Å². The van der Waals surface area contributed by atoms with Crippen molar-refractivity contribution < 1.29 is 0 Å². The van der Waals surface area contributed by atoms with Crippen molar-refractivity contribution in [1.29, 1.82) is 0 Å². The number of nitrogens with zero attached hydrogens (tertiary/aromatic N) is 3. The van der Waals surface area contributed by atoms with Gasteiger partial charge in [0.1, 0.15) is 5.82 Å². The van der Waals surface area contributed by atoms with Crippen molar-refractivity contribution in [1.82, 2.24) is 14.5 Å². The average Bonchev–Trinajstić information content (AvgIpc) is 2.26. The van der Waals surface area contributed by atoms with Gasteiger partial charge in [0.05, 0.1) is 24.6 Å². The molecule has 5 nitrogen and oxygen atoms in total. The minimum absolute atomic E-state index is 0.0429. The summed E-state index contributed by atoms with van der Waals surface area (Å²) < 4.78 is 1.64. The van der Waals surface area contributed by atoms with E-state index in [0.717, 1.165) is 5.69 Å². The lowest BCUT2D eigenvalue weighted by atomic mass is 10.3. The smallest absolute Gasteiger partial charge is 0.251 e. The molecule has 0 aliphatic carbocycles. The van der Waals surface area contributed by atoms with Gasteiger partial charge in [0, 0.05) is 11.8 Å². The summed E-state index contributed by atoms with van der Waals surface area (Å²) in [6.45, 7) is 2.30. The number of pyridine rings is 1. The SMILES string of the molecule is Cc1cccc(=O)n1Cc1cnc(N)cn1. The van der Waals surface area contributed by atoms with Crippen molar-refractivity contribution in [3.05, 3.63) is 52.3 Å². The Morgan fingerprint density at radius 3 is 2.75 bits per heavy atom. The molecule has 0 fully saturated rings. The second-order valence-electron chi connectivity index (χ2n) is 3.52. The number of nitrogen functional groups attached to an aromatic ring is 1. The van der Waals surface area contributed by atoms with E-state index in [0.29, 0.717) is 18.1 Å². The predicted molar refractivity (Wildman–Crippen MR) is 61.0 cm³/mol. The first-order valence-electron chi connectivity index (χ1n) is 4.89. The Morgan fingerprint density at radius 2 is 2.12 bits per heavy atom. The lowest BCUT2D eigenvalue weighted by Gasteiger charge is -2.08. The molecule has 16 heavy (non-hydrogen) atoms. The quantitative estimate of drug-likeness (QED) is 0.796. The number of aryl methyl sites for hydroxylation is 1. The number of nitrogens with two attached hydrogens (primary N) is 1. The molecule has 0 saturated heterocycles. The van der Waals surface area contributed by atoms with Crippen LogP contribution in [0.3, 0.4) is 0 Å². The van der Waals surface area contributed by atoms with E-state index < -0.39 is 0 Å². The zero-order valence-electron chi connectivity index (χ0n) is 8.92. The van der Waals surface area contributed by atoms with Gasteiger partial charge in [-0.15, -0.1) is 0 Å². The summed E-state index contributed by atoms with van der Waals surface area (Å²) in [4.78, 5) is 19.6. The molecule has 0 unspecified atom stereocenters. The van der Waals surface area contributed by atoms with Crippen LogP contribution in [0.15, 0.2) is 35.4 Å². The molecule has 0 radical (unpaired) electrons. The van der Waals surface area contributed by atoms with E-state index in [1.54, 1.807) is 16.8 Å². The molecular formula is C11H12N4O. The van der Waals surface area contributed by atoms with Gasteiger partial charge in [-0.25, -0.2) is 4.98 Å². The number of hydrogen-bond donors (Lipinski definition) is 1. The number of anilines is 1. The van der Waals surface area contributed by atoms with E-state index in [2.05, 4.69) is 9.97 Å². The highest BCUT2D eigenvalue weighted by molar-refractivity contribution is 5.23. The van der Waals surface area contributed by atoms with Crippen molar-refractivity contribution in [2.24, 2.45) is 0 Å². The van der Waals surface area contributed by atoms with Crippen LogP contribution in [-0.4, -0.2) is 14.5 Å². The first-order chi connectivity index (χ1) is 7.66. The highest BCUT2D eigenvalue weighted by Crippen LogP contribution is 2.00. The summed E-state index contributed by atoms with van der Waals surface area (Å²) in [6.07, 6.45) is 3.06. The third-order valence-corrected chi connectivity index (χ3v) is 2.31. The topological polar surface area (TPSA) is 73.8 Å². The van der Waals surface area contributed by atoms with E-state index in [1.807, 2.05) is 13.0 Å². The molecule has 2 heterocycles. The maximum atomic E-state index is 11.6. The Kier molecular flexibility index (Phi) is 2.68. The molecule has 2 aromatic heterocycles. The second kappa shape index (κ2) is 4.14. The van der Waals surface area contributed by atoms with Crippen LogP contribution >= 0.6 is 0 Å². The number of rotatable bonds is 2. The lowest BCUT2D eigenvalue weighted by Crippen LogP contribution is -2.22. The molecule has 5 heteroatoms. The van der Waals surface area contributed by atoms with Crippen LogP contribution in [0.2, 0.25) is 0 Å². The molecule has 0 saturated carbocycles. The molecule has 2 N–H and O–H groups in total. The molecule has 0 spiro atoms. The summed E-state index contributed by atoms with van der Waals surface area (Å²) in [5.41, 5.74) is 7.00. The van der Waals surface area contributed by atoms with Gasteiger partial charge in [0.25, 0.3) is 5.56 Å². The van der Waals surface area contributed by atoms with Crippen molar-refractivity contribution >= 4 is 5.82 Å². The van der Waals surface area contributed by atoms with Gasteiger partial charge >= 0.3 is 0 Å². The van der Waals surface area contributed by atoms with E-state index >= 15 is 0 Å². The van der Waals surface area contributed by atoms with E-state index in [9.17, 15) is 4.79 Å². The molecule has 0 aliphatic heterocycles. The first-order valence-corrected chi connectivity index (χ1v) is 4.89. The van der Waals surface area contributed by atoms with Crippen LogP contribution in [0.4, 0.5) is 5.82 Å². The molecule has 0 amide bonds. The van der Waals surface area contributed by atoms with Gasteiger partial charge in [-0.1, -0.05) is 6.07 Å². The molecule has 0 aliphatic rings. The maximum Gasteiger partial charge on any atom is 0.251 e. The fourth-order valence-corrected chi connectivity index (χ4v) is 1.43. The summed E-state index contributed by atoms with van der Waals surface area (Å²) in [5, 5.41) is 0. The molecule has 0 aromatic carbocycles. The molecular weight excluding hydrogens is 204 g/mol. The standard InChI is InChI=1S/C11H12N4O/c1-8-3-2-4-11(16)15(8)7-9-5-14-10(12)6-13-9/h2-6H,7H2,1H3,(H2,12,14). The molecule has 0 atom stereocenters. The molecule has 82 valence electrons. The molecule has 2 aromatic rings. The highest BCUT2D eigenvalue weighted by Gasteiger charge is 2.01. The van der Waals surface area contributed by atoms with Gasteiger partial charge in [-0.05, 0) is 13.0 Å². The van der Waals surface area contributed by atoms with Crippen molar-refractivity contribution in [3.63, 3.8) is 0 Å². The average molecular weight is 216 g/mol. The zero-order valence-corrected chi connectivity index (χ0v) is 8.92. The second-order valence-corrected chi connectivity index (χ2v) is 3.52. The third kappa shape index (κ3) is 2.08. The predicted octanol–water partition coefficient (Wildman–Crippen LogP) is 0.577. The van der Waals surface area contributed by atoms with Crippen molar-refractivity contribution in [3.8, 4) is 0 Å². The zero-order chi connectivity index (χ0) is 11.5. The van der Waals surface area contributed by atoms with E-state index in [4.69, 9.17) is 5.73 Å². The Hall–Kier alpha value is -2.17. The molecule has 0 bridgehead atoms. The fraction of sp³-hybridized carbons (Fsp3) is 0.182. The normalized spacial score (nSPS) is 10.3. The summed E-state index contributed by atoms with van der Waals surface area (Å²) in [7, 11) is 0. The van der Waals surface area contributed by atoms with Gasteiger partial charge in [-0.2, -0.15) is 0 Å². The largest absolute Gasteiger partial charge is 0.382 e. The highest BCUT2D eigenvalue weighted by atomic mass is 16.1. The Balaban J connectivity index is 2.34. The maximum absolute atomic E-state index is 11.6. The van der Waals surface area contributed by atoms with Gasteiger partial charge < -0.3 is 10.3 Å². The summed E-state index contributed by atoms with van der Waals surface area (Å²) in [5.74, 6) is 0.376. The summed E-state index contributed by atoms with van der Waals surface area (Å²) in [6, 6.07) is 5.15. The lowest BCUT2D eigenvalue weighted by molar-refractivity contribution is 0.710. The van der Waals surface area contributed by atoms with E-state index in [-0.39, 0.29) is 5.56 Å². The van der Waals surface area contributed by atoms with Gasteiger partial charge in [-0.3, -0.25) is 9.78 Å². The number of hydrogen-bond acceptors (Lipinski definition) is 4. The van der Waals surface area contributed by atoms with Gasteiger partial charge in [0.2, 0.25) is 0 Å². The molecule has 2 rings (SSSR count). The van der Waals surface area contributed by atoms with Crippen molar-refractivity contribution in [2.75, 3.05) is 5.73 Å². The van der Waals surface area contributed by atoms with Gasteiger partial charge in [0.15, 0.2) is 0 Å². The minimum Gasteiger partial charge on any atom is -0.382 e. The summed E-state index contributed by atoms with van der Waals surface area (Å²) >= 11 is 0. The van der Waals surface area contributed by atoms with Crippen LogP contribution in [-0.2, 0) is 6.54 Å². The monoisotopic (exact) mass is 216 g/mol. The van der Waals surface area contributed by atoms with E-state index in [1.165, 1.54) is 12.3 Å². The fourth-order valence-electron chi connectivity index (χ4n) is 1.43. The Labute approximate surface area is 92.6 Å². The van der Waals surface area contributed by atoms with Crippen LogP contribution in [0.25, 0.3) is 0 Å². The Bertz CT molecular complexity index is 545. The first kappa shape index (κ1) is 10.4. The number of aromatic nitrogens is 3. The third-order valence-electron chi connectivity index (χ3n) is 2.31.